The molecule has 0 heterocycles. The Hall–Kier alpha value is -0.530. The predicted molar refractivity (Wildman–Crippen MR) is 46.8 cm³/mol. The molecule has 1 aromatic rings. The average molecular weight is 171 g/mol. The Kier molecular flexibility index (Phi) is 2.53. The highest BCUT2D eigenvalue weighted by atomic mass is 35.5. The Balaban J connectivity index is 3.05. The quantitative estimate of drug-likeness (QED) is 0.687. The average Bonchev–Trinajstić information content (AvgIpc) is 1.94. The molecule has 0 fully saturated rings. The monoisotopic (exact) mass is 170 g/mol. The Morgan fingerprint density at radius 2 is 2.09 bits per heavy atom. The van der Waals surface area contributed by atoms with Crippen LogP contribution in [0.1, 0.15) is 24.2 Å². The van der Waals surface area contributed by atoms with E-state index in [1.54, 1.807) is 13.0 Å². The van der Waals surface area contributed by atoms with E-state index in [1.165, 1.54) is 0 Å². The molecule has 1 aromatic carbocycles. The van der Waals surface area contributed by atoms with Crippen LogP contribution in [0.2, 0.25) is 5.02 Å². The molecule has 11 heavy (non-hydrogen) atoms. The molecule has 0 aliphatic carbocycles. The maximum Gasteiger partial charge on any atom is 0.0762 e. The van der Waals surface area contributed by atoms with Crippen molar-refractivity contribution in [3.05, 3.63) is 34.3 Å². The minimum Gasteiger partial charge on any atom is -0.389 e. The van der Waals surface area contributed by atoms with Gasteiger partial charge in [0, 0.05) is 5.02 Å². The largest absolute Gasteiger partial charge is 0.389 e. The summed E-state index contributed by atoms with van der Waals surface area (Å²) < 4.78 is 0. The lowest BCUT2D eigenvalue weighted by molar-refractivity contribution is 0.199. The topological polar surface area (TPSA) is 20.2 Å². The molecule has 0 saturated heterocycles. The van der Waals surface area contributed by atoms with Crippen molar-refractivity contribution in [3.8, 4) is 0 Å². The number of aliphatic hydroxyl groups is 1. The molecule has 60 valence electrons. The lowest BCUT2D eigenvalue weighted by Crippen LogP contribution is -1.90. The minimum atomic E-state index is -0.437. The van der Waals surface area contributed by atoms with Gasteiger partial charge in [0.2, 0.25) is 0 Å². The van der Waals surface area contributed by atoms with E-state index >= 15 is 0 Å². The molecule has 0 aromatic heterocycles. The maximum atomic E-state index is 9.18. The van der Waals surface area contributed by atoms with Crippen LogP contribution in [0.15, 0.2) is 18.2 Å². The first kappa shape index (κ1) is 8.57. The van der Waals surface area contributed by atoms with Crippen LogP contribution < -0.4 is 0 Å². The van der Waals surface area contributed by atoms with Crippen molar-refractivity contribution in [2.75, 3.05) is 0 Å². The molecule has 0 bridgehead atoms. The van der Waals surface area contributed by atoms with Crippen LogP contribution in [0.4, 0.5) is 0 Å². The lowest BCUT2D eigenvalue weighted by atomic mass is 10.1. The fraction of sp³-hybridized carbons (Fsp3) is 0.333. The molecule has 0 saturated carbocycles. The number of hydrogen-bond acceptors (Lipinski definition) is 1. The number of hydrogen-bond donors (Lipinski definition) is 1. The van der Waals surface area contributed by atoms with E-state index in [2.05, 4.69) is 0 Å². The van der Waals surface area contributed by atoms with E-state index in [9.17, 15) is 5.11 Å². The first-order valence-corrected chi connectivity index (χ1v) is 3.93. The molecule has 0 aliphatic heterocycles. The van der Waals surface area contributed by atoms with Crippen LogP contribution in [-0.2, 0) is 0 Å². The standard InChI is InChI=1S/C9H11ClO/c1-6-3-4-8(7(2)11)5-9(6)10/h3-5,7,11H,1-2H3/t7-/m1/s1. The van der Waals surface area contributed by atoms with Crippen molar-refractivity contribution in [1.82, 2.24) is 0 Å². The van der Waals surface area contributed by atoms with Crippen molar-refractivity contribution in [3.63, 3.8) is 0 Å². The fourth-order valence-corrected chi connectivity index (χ4v) is 1.06. The van der Waals surface area contributed by atoms with Crippen LogP contribution in [-0.4, -0.2) is 5.11 Å². The zero-order chi connectivity index (χ0) is 8.43. The molecule has 0 spiro atoms. The van der Waals surface area contributed by atoms with Gasteiger partial charge in [-0.25, -0.2) is 0 Å². The van der Waals surface area contributed by atoms with Gasteiger partial charge in [-0.3, -0.25) is 0 Å². The highest BCUT2D eigenvalue weighted by Gasteiger charge is 2.01. The number of benzene rings is 1. The van der Waals surface area contributed by atoms with E-state index in [-0.39, 0.29) is 0 Å². The van der Waals surface area contributed by atoms with Gasteiger partial charge in [-0.15, -0.1) is 0 Å². The summed E-state index contributed by atoms with van der Waals surface area (Å²) in [5.41, 5.74) is 1.90. The summed E-state index contributed by atoms with van der Waals surface area (Å²) in [5, 5.41) is 9.89. The van der Waals surface area contributed by atoms with Gasteiger partial charge in [-0.1, -0.05) is 23.7 Å². The zero-order valence-electron chi connectivity index (χ0n) is 6.63. The van der Waals surface area contributed by atoms with Gasteiger partial charge in [0.1, 0.15) is 0 Å². The fourth-order valence-electron chi connectivity index (χ4n) is 0.869. The van der Waals surface area contributed by atoms with Gasteiger partial charge in [-0.05, 0) is 31.0 Å². The molecular formula is C9H11ClO. The van der Waals surface area contributed by atoms with Gasteiger partial charge < -0.3 is 5.11 Å². The van der Waals surface area contributed by atoms with Crippen molar-refractivity contribution >= 4 is 11.6 Å². The van der Waals surface area contributed by atoms with Crippen LogP contribution in [0, 0.1) is 6.92 Å². The van der Waals surface area contributed by atoms with Crippen LogP contribution >= 0.6 is 11.6 Å². The number of rotatable bonds is 1. The Labute approximate surface area is 71.6 Å². The predicted octanol–water partition coefficient (Wildman–Crippen LogP) is 2.70. The highest BCUT2D eigenvalue weighted by Crippen LogP contribution is 2.20. The third-order valence-electron chi connectivity index (χ3n) is 1.68. The Bertz CT molecular complexity index is 256. The summed E-state index contributed by atoms with van der Waals surface area (Å²) >= 11 is 5.85. The SMILES string of the molecule is Cc1ccc([C@@H](C)O)cc1Cl. The van der Waals surface area contributed by atoms with Gasteiger partial charge in [0.05, 0.1) is 6.10 Å². The molecule has 2 heteroatoms. The lowest BCUT2D eigenvalue weighted by Gasteiger charge is -2.05. The summed E-state index contributed by atoms with van der Waals surface area (Å²) in [6.07, 6.45) is -0.437. The van der Waals surface area contributed by atoms with E-state index in [0.29, 0.717) is 5.02 Å². The van der Waals surface area contributed by atoms with Gasteiger partial charge in [0.15, 0.2) is 0 Å². The van der Waals surface area contributed by atoms with Gasteiger partial charge in [-0.2, -0.15) is 0 Å². The van der Waals surface area contributed by atoms with E-state index in [4.69, 9.17) is 11.6 Å². The number of halogens is 1. The van der Waals surface area contributed by atoms with Crippen molar-refractivity contribution in [2.24, 2.45) is 0 Å². The highest BCUT2D eigenvalue weighted by molar-refractivity contribution is 6.31. The normalized spacial score (nSPS) is 13.1. The summed E-state index contributed by atoms with van der Waals surface area (Å²) in [4.78, 5) is 0. The van der Waals surface area contributed by atoms with E-state index in [0.717, 1.165) is 11.1 Å². The third kappa shape index (κ3) is 1.95. The maximum absolute atomic E-state index is 9.18. The van der Waals surface area contributed by atoms with Crippen LogP contribution in [0.5, 0.6) is 0 Å². The molecule has 0 unspecified atom stereocenters. The minimum absolute atomic E-state index is 0.437. The Morgan fingerprint density at radius 1 is 1.45 bits per heavy atom. The second-order valence-corrected chi connectivity index (χ2v) is 3.09. The molecule has 0 radical (unpaired) electrons. The van der Waals surface area contributed by atoms with E-state index in [1.807, 2.05) is 19.1 Å². The molecule has 1 rings (SSSR count). The first-order valence-electron chi connectivity index (χ1n) is 3.55. The summed E-state index contributed by atoms with van der Waals surface area (Å²) in [6.45, 7) is 3.66. The summed E-state index contributed by atoms with van der Waals surface area (Å²) in [6, 6.07) is 5.58. The molecule has 1 N–H and O–H groups in total. The van der Waals surface area contributed by atoms with Crippen molar-refractivity contribution in [2.45, 2.75) is 20.0 Å². The second-order valence-electron chi connectivity index (χ2n) is 2.68. The molecular weight excluding hydrogens is 160 g/mol. The summed E-state index contributed by atoms with van der Waals surface area (Å²) in [5.74, 6) is 0. The number of aliphatic hydroxyl groups excluding tert-OH is 1. The van der Waals surface area contributed by atoms with E-state index < -0.39 is 6.10 Å². The van der Waals surface area contributed by atoms with Gasteiger partial charge >= 0.3 is 0 Å². The zero-order valence-corrected chi connectivity index (χ0v) is 7.39. The smallest absolute Gasteiger partial charge is 0.0762 e. The first-order chi connectivity index (χ1) is 5.11. The molecule has 0 aliphatic rings. The van der Waals surface area contributed by atoms with Crippen LogP contribution in [0.25, 0.3) is 0 Å². The Morgan fingerprint density at radius 3 is 2.55 bits per heavy atom. The number of aryl methyl sites for hydroxylation is 1. The molecule has 1 atom stereocenters. The van der Waals surface area contributed by atoms with Crippen molar-refractivity contribution in [1.29, 1.82) is 0 Å². The molecule has 0 amide bonds. The second kappa shape index (κ2) is 3.24. The van der Waals surface area contributed by atoms with Crippen molar-refractivity contribution < 1.29 is 5.11 Å². The van der Waals surface area contributed by atoms with Gasteiger partial charge in [0.25, 0.3) is 0 Å². The molecule has 1 nitrogen and oxygen atoms in total. The third-order valence-corrected chi connectivity index (χ3v) is 2.09. The summed E-state index contributed by atoms with van der Waals surface area (Å²) in [7, 11) is 0. The van der Waals surface area contributed by atoms with Crippen LogP contribution in [0.3, 0.4) is 0 Å².